The highest BCUT2D eigenvalue weighted by molar-refractivity contribution is 5.97. The molecule has 0 radical (unpaired) electrons. The number of nitrogen functional groups attached to an aromatic ring is 1. The number of benzene rings is 1. The SMILES string of the molecule is COc1ccc(C(=O)CCN2C(C)CCCC2C)cc1N. The molecule has 0 aliphatic carbocycles. The van der Waals surface area contributed by atoms with E-state index in [9.17, 15) is 4.79 Å². The Morgan fingerprint density at radius 3 is 2.57 bits per heavy atom. The van der Waals surface area contributed by atoms with Gasteiger partial charge in [0.1, 0.15) is 5.75 Å². The average molecular weight is 290 g/mol. The maximum Gasteiger partial charge on any atom is 0.164 e. The van der Waals surface area contributed by atoms with Gasteiger partial charge in [-0.15, -0.1) is 0 Å². The van der Waals surface area contributed by atoms with Crippen molar-refractivity contribution in [3.63, 3.8) is 0 Å². The molecule has 2 rings (SSSR count). The predicted octanol–water partition coefficient (Wildman–Crippen LogP) is 3.11. The molecule has 1 fully saturated rings. The van der Waals surface area contributed by atoms with Crippen molar-refractivity contribution in [2.75, 3.05) is 19.4 Å². The van der Waals surface area contributed by atoms with Crippen LogP contribution in [0.4, 0.5) is 5.69 Å². The Bertz CT molecular complexity index is 492. The van der Waals surface area contributed by atoms with Gasteiger partial charge in [0.25, 0.3) is 0 Å². The molecule has 1 aromatic rings. The molecule has 0 bridgehead atoms. The third kappa shape index (κ3) is 3.76. The lowest BCUT2D eigenvalue weighted by molar-refractivity contribution is 0.0839. The number of ether oxygens (including phenoxy) is 1. The van der Waals surface area contributed by atoms with Gasteiger partial charge in [-0.1, -0.05) is 6.42 Å². The van der Waals surface area contributed by atoms with Crippen LogP contribution in [0.2, 0.25) is 0 Å². The molecule has 4 nitrogen and oxygen atoms in total. The van der Waals surface area contributed by atoms with E-state index in [1.807, 2.05) is 0 Å². The molecule has 1 saturated heterocycles. The number of anilines is 1. The minimum absolute atomic E-state index is 0.148. The van der Waals surface area contributed by atoms with Gasteiger partial charge in [-0.3, -0.25) is 9.69 Å². The number of likely N-dealkylation sites (tertiary alicyclic amines) is 1. The average Bonchev–Trinajstić information content (AvgIpc) is 2.46. The fourth-order valence-corrected chi connectivity index (χ4v) is 3.20. The number of carbonyl (C=O) groups is 1. The zero-order valence-corrected chi connectivity index (χ0v) is 13.3. The molecule has 0 aromatic heterocycles. The molecule has 116 valence electrons. The maximum atomic E-state index is 12.3. The third-order valence-corrected chi connectivity index (χ3v) is 4.52. The molecule has 0 spiro atoms. The van der Waals surface area contributed by atoms with Crippen LogP contribution in [0, 0.1) is 0 Å². The van der Waals surface area contributed by atoms with E-state index in [0.29, 0.717) is 35.5 Å². The summed E-state index contributed by atoms with van der Waals surface area (Å²) in [6.45, 7) is 5.34. The van der Waals surface area contributed by atoms with Crippen LogP contribution < -0.4 is 10.5 Å². The Morgan fingerprint density at radius 2 is 2.00 bits per heavy atom. The molecule has 1 heterocycles. The zero-order valence-electron chi connectivity index (χ0n) is 13.3. The van der Waals surface area contributed by atoms with Crippen molar-refractivity contribution in [2.24, 2.45) is 0 Å². The predicted molar refractivity (Wildman–Crippen MR) is 85.8 cm³/mol. The summed E-state index contributed by atoms with van der Waals surface area (Å²) in [6, 6.07) is 6.41. The topological polar surface area (TPSA) is 55.6 Å². The smallest absolute Gasteiger partial charge is 0.164 e. The summed E-state index contributed by atoms with van der Waals surface area (Å²) in [5.74, 6) is 0.763. The van der Waals surface area contributed by atoms with E-state index in [1.54, 1.807) is 25.3 Å². The Hall–Kier alpha value is -1.55. The van der Waals surface area contributed by atoms with Gasteiger partial charge in [-0.25, -0.2) is 0 Å². The minimum Gasteiger partial charge on any atom is -0.495 e. The first-order valence-electron chi connectivity index (χ1n) is 7.75. The molecule has 0 amide bonds. The highest BCUT2D eigenvalue weighted by atomic mass is 16.5. The Balaban J connectivity index is 1.96. The summed E-state index contributed by atoms with van der Waals surface area (Å²) >= 11 is 0. The van der Waals surface area contributed by atoms with Crippen molar-refractivity contribution in [3.05, 3.63) is 23.8 Å². The summed E-state index contributed by atoms with van der Waals surface area (Å²) in [6.07, 6.45) is 4.30. The third-order valence-electron chi connectivity index (χ3n) is 4.52. The van der Waals surface area contributed by atoms with E-state index in [-0.39, 0.29) is 5.78 Å². The summed E-state index contributed by atoms with van der Waals surface area (Å²) in [7, 11) is 1.58. The molecule has 0 saturated carbocycles. The fraction of sp³-hybridized carbons (Fsp3) is 0.588. The highest BCUT2D eigenvalue weighted by Crippen LogP contribution is 2.24. The molecule has 1 aliphatic heterocycles. The molecule has 1 aliphatic rings. The first kappa shape index (κ1) is 15.8. The Morgan fingerprint density at radius 1 is 1.33 bits per heavy atom. The number of hydrogen-bond donors (Lipinski definition) is 1. The largest absolute Gasteiger partial charge is 0.495 e. The number of methoxy groups -OCH3 is 1. The lowest BCUT2D eigenvalue weighted by atomic mass is 9.96. The van der Waals surface area contributed by atoms with Crippen molar-refractivity contribution in [1.29, 1.82) is 0 Å². The molecule has 4 heteroatoms. The van der Waals surface area contributed by atoms with Gasteiger partial charge in [0.15, 0.2) is 5.78 Å². The quantitative estimate of drug-likeness (QED) is 0.668. The number of Topliss-reactive ketones (excluding diaryl/α,β-unsaturated/α-hetero) is 1. The lowest BCUT2D eigenvalue weighted by Crippen LogP contribution is -2.44. The van der Waals surface area contributed by atoms with Crippen LogP contribution in [0.5, 0.6) is 5.75 Å². The summed E-state index contributed by atoms with van der Waals surface area (Å²) in [5, 5.41) is 0. The number of carbonyl (C=O) groups excluding carboxylic acids is 1. The summed E-state index contributed by atoms with van der Waals surface area (Å²) in [4.78, 5) is 14.8. The second-order valence-corrected chi connectivity index (χ2v) is 6.00. The normalized spacial score (nSPS) is 23.0. The van der Waals surface area contributed by atoms with Crippen molar-refractivity contribution in [3.8, 4) is 5.75 Å². The van der Waals surface area contributed by atoms with Crippen LogP contribution in [0.3, 0.4) is 0 Å². The molecule has 2 N–H and O–H groups in total. The fourth-order valence-electron chi connectivity index (χ4n) is 3.20. The lowest BCUT2D eigenvalue weighted by Gasteiger charge is -2.38. The van der Waals surface area contributed by atoms with Crippen LogP contribution in [0.25, 0.3) is 0 Å². The van der Waals surface area contributed by atoms with Crippen molar-refractivity contribution in [2.45, 2.75) is 51.6 Å². The van der Waals surface area contributed by atoms with E-state index >= 15 is 0 Å². The van der Waals surface area contributed by atoms with Crippen LogP contribution in [0.15, 0.2) is 18.2 Å². The van der Waals surface area contributed by atoms with E-state index in [1.165, 1.54) is 19.3 Å². The van der Waals surface area contributed by atoms with Gasteiger partial charge in [-0.05, 0) is 44.9 Å². The molecule has 1 aromatic carbocycles. The van der Waals surface area contributed by atoms with Crippen LogP contribution in [-0.2, 0) is 0 Å². The zero-order chi connectivity index (χ0) is 15.4. The van der Waals surface area contributed by atoms with Gasteiger partial charge in [-0.2, -0.15) is 0 Å². The standard InChI is InChI=1S/C17H26N2O2/c1-12-5-4-6-13(2)19(12)10-9-16(20)14-7-8-17(21-3)15(18)11-14/h7-8,11-13H,4-6,9-10,18H2,1-3H3. The monoisotopic (exact) mass is 290 g/mol. The van der Waals surface area contributed by atoms with Crippen LogP contribution in [0.1, 0.15) is 49.9 Å². The summed E-state index contributed by atoms with van der Waals surface area (Å²) < 4.78 is 5.12. The van der Waals surface area contributed by atoms with Crippen LogP contribution >= 0.6 is 0 Å². The van der Waals surface area contributed by atoms with E-state index in [4.69, 9.17) is 10.5 Å². The number of rotatable bonds is 5. The van der Waals surface area contributed by atoms with Gasteiger partial charge < -0.3 is 10.5 Å². The molecular formula is C17H26N2O2. The number of piperidine rings is 1. The van der Waals surface area contributed by atoms with Crippen LogP contribution in [-0.4, -0.2) is 36.4 Å². The molecule has 21 heavy (non-hydrogen) atoms. The Kier molecular flexibility index (Phi) is 5.23. The first-order valence-corrected chi connectivity index (χ1v) is 7.75. The Labute approximate surface area is 127 Å². The van der Waals surface area contributed by atoms with E-state index in [0.717, 1.165) is 6.54 Å². The second-order valence-electron chi connectivity index (χ2n) is 6.00. The highest BCUT2D eigenvalue weighted by Gasteiger charge is 2.24. The first-order chi connectivity index (χ1) is 10.0. The van der Waals surface area contributed by atoms with Gasteiger partial charge >= 0.3 is 0 Å². The molecular weight excluding hydrogens is 264 g/mol. The summed E-state index contributed by atoms with van der Waals surface area (Å²) in [5.41, 5.74) is 7.05. The molecule has 2 atom stereocenters. The number of nitrogens with two attached hydrogens (primary N) is 1. The maximum absolute atomic E-state index is 12.3. The number of hydrogen-bond acceptors (Lipinski definition) is 4. The van der Waals surface area contributed by atoms with E-state index < -0.39 is 0 Å². The van der Waals surface area contributed by atoms with Crippen molar-refractivity contribution >= 4 is 11.5 Å². The minimum atomic E-state index is 0.148. The van der Waals surface area contributed by atoms with Gasteiger partial charge in [0.05, 0.1) is 12.8 Å². The number of ketones is 1. The van der Waals surface area contributed by atoms with Gasteiger partial charge in [0.2, 0.25) is 0 Å². The number of nitrogens with zero attached hydrogens (tertiary/aromatic N) is 1. The van der Waals surface area contributed by atoms with E-state index in [2.05, 4.69) is 18.7 Å². The van der Waals surface area contributed by atoms with Crippen molar-refractivity contribution in [1.82, 2.24) is 4.90 Å². The molecule has 2 unspecified atom stereocenters. The van der Waals surface area contributed by atoms with Crippen molar-refractivity contribution < 1.29 is 9.53 Å². The second kappa shape index (κ2) is 6.94. The van der Waals surface area contributed by atoms with Gasteiger partial charge in [0, 0.05) is 30.6 Å².